The van der Waals surface area contributed by atoms with Gasteiger partial charge in [-0.25, -0.2) is 4.79 Å². The number of likely N-dealkylation sites (N-methyl/N-ethyl adjacent to an activating group) is 1. The smallest absolute Gasteiger partial charge is 0.411 e. The third-order valence-electron chi connectivity index (χ3n) is 2.83. The van der Waals surface area contributed by atoms with Gasteiger partial charge in [-0.3, -0.25) is 4.90 Å². The van der Waals surface area contributed by atoms with Gasteiger partial charge in [-0.05, 0) is 46.8 Å². The van der Waals surface area contributed by atoms with Gasteiger partial charge in [-0.15, -0.1) is 11.3 Å². The Labute approximate surface area is 118 Å². The number of aldehydes is 1. The molecule has 0 saturated heterocycles. The minimum absolute atomic E-state index is 0.506. The van der Waals surface area contributed by atoms with Crippen molar-refractivity contribution in [3.63, 3.8) is 0 Å². The topological polar surface area (TPSA) is 46.6 Å². The average molecular weight is 283 g/mol. The monoisotopic (exact) mass is 283 g/mol. The molecule has 106 valence electrons. The molecule has 1 aromatic heterocycles. The predicted molar refractivity (Wildman–Crippen MR) is 76.5 cm³/mol. The Morgan fingerprint density at radius 3 is 2.26 bits per heavy atom. The SMILES string of the molecule is Cc1ccc(C(C)(C=O)N(C)C(=O)OC(C)(C)C)s1. The molecule has 1 aromatic rings. The summed E-state index contributed by atoms with van der Waals surface area (Å²) in [5.41, 5.74) is -1.58. The first-order valence-electron chi connectivity index (χ1n) is 6.10. The van der Waals surface area contributed by atoms with Gasteiger partial charge in [0.25, 0.3) is 0 Å². The molecule has 0 saturated carbocycles. The van der Waals surface area contributed by atoms with E-state index in [4.69, 9.17) is 4.74 Å². The molecule has 0 radical (unpaired) electrons. The number of nitrogens with zero attached hydrogens (tertiary/aromatic N) is 1. The second-order valence-corrected chi connectivity index (χ2v) is 7.00. The van der Waals surface area contributed by atoms with Gasteiger partial charge in [0, 0.05) is 16.8 Å². The number of aryl methyl sites for hydroxylation is 1. The summed E-state index contributed by atoms with van der Waals surface area (Å²) >= 11 is 1.50. The van der Waals surface area contributed by atoms with Crippen molar-refractivity contribution < 1.29 is 14.3 Å². The average Bonchev–Trinajstić information content (AvgIpc) is 2.72. The van der Waals surface area contributed by atoms with E-state index in [1.807, 2.05) is 19.1 Å². The lowest BCUT2D eigenvalue weighted by atomic mass is 10.0. The summed E-state index contributed by atoms with van der Waals surface area (Å²) in [5.74, 6) is 0. The molecule has 5 heteroatoms. The highest BCUT2D eigenvalue weighted by Gasteiger charge is 2.37. The largest absolute Gasteiger partial charge is 0.444 e. The van der Waals surface area contributed by atoms with E-state index in [-0.39, 0.29) is 0 Å². The van der Waals surface area contributed by atoms with Crippen LogP contribution in [0.25, 0.3) is 0 Å². The van der Waals surface area contributed by atoms with Gasteiger partial charge < -0.3 is 9.53 Å². The second-order valence-electron chi connectivity index (χ2n) is 5.72. The van der Waals surface area contributed by atoms with Gasteiger partial charge in [0.15, 0.2) is 6.29 Å². The number of rotatable bonds is 3. The fourth-order valence-electron chi connectivity index (χ4n) is 1.53. The van der Waals surface area contributed by atoms with Crippen LogP contribution in [-0.2, 0) is 15.1 Å². The zero-order chi connectivity index (χ0) is 14.8. The minimum atomic E-state index is -0.999. The molecular formula is C14H21NO3S. The van der Waals surface area contributed by atoms with Gasteiger partial charge in [-0.1, -0.05) is 0 Å². The van der Waals surface area contributed by atoms with Gasteiger partial charge in [0.1, 0.15) is 11.1 Å². The van der Waals surface area contributed by atoms with Crippen molar-refractivity contribution in [2.75, 3.05) is 7.05 Å². The lowest BCUT2D eigenvalue weighted by Crippen LogP contribution is -2.47. The maximum Gasteiger partial charge on any atom is 0.411 e. The van der Waals surface area contributed by atoms with Crippen molar-refractivity contribution in [2.24, 2.45) is 0 Å². The molecule has 0 aromatic carbocycles. The van der Waals surface area contributed by atoms with Crippen LogP contribution in [0.3, 0.4) is 0 Å². The Bertz CT molecular complexity index is 475. The van der Waals surface area contributed by atoms with E-state index in [1.54, 1.807) is 34.7 Å². The van der Waals surface area contributed by atoms with Gasteiger partial charge >= 0.3 is 6.09 Å². The summed E-state index contributed by atoms with van der Waals surface area (Å²) in [7, 11) is 1.58. The molecule has 1 unspecified atom stereocenters. The number of carbonyl (C=O) groups is 2. The fraction of sp³-hybridized carbons (Fsp3) is 0.571. The van der Waals surface area contributed by atoms with Crippen molar-refractivity contribution in [3.05, 3.63) is 21.9 Å². The number of hydrogen-bond donors (Lipinski definition) is 0. The van der Waals surface area contributed by atoms with E-state index in [1.165, 1.54) is 16.2 Å². The van der Waals surface area contributed by atoms with Gasteiger partial charge in [-0.2, -0.15) is 0 Å². The van der Waals surface area contributed by atoms with Crippen molar-refractivity contribution in [3.8, 4) is 0 Å². The standard InChI is InChI=1S/C14H21NO3S/c1-10-7-8-11(19-10)14(5,9-16)15(6)12(17)18-13(2,3)4/h7-9H,1-6H3. The number of hydrogen-bond acceptors (Lipinski definition) is 4. The van der Waals surface area contributed by atoms with Crippen LogP contribution in [0.1, 0.15) is 37.4 Å². The second kappa shape index (κ2) is 5.33. The van der Waals surface area contributed by atoms with Crippen LogP contribution in [0.15, 0.2) is 12.1 Å². The zero-order valence-electron chi connectivity index (χ0n) is 12.3. The Balaban J connectivity index is 3.02. The first kappa shape index (κ1) is 15.7. The number of amides is 1. The molecule has 0 spiro atoms. The normalized spacial score (nSPS) is 14.6. The summed E-state index contributed by atoms with van der Waals surface area (Å²) in [6, 6.07) is 3.81. The molecule has 1 amide bonds. The number of carbonyl (C=O) groups excluding carboxylic acids is 2. The first-order valence-corrected chi connectivity index (χ1v) is 6.92. The van der Waals surface area contributed by atoms with Crippen LogP contribution in [0.2, 0.25) is 0 Å². The molecule has 0 aliphatic carbocycles. The Hall–Kier alpha value is -1.36. The van der Waals surface area contributed by atoms with E-state index >= 15 is 0 Å². The molecular weight excluding hydrogens is 262 g/mol. The zero-order valence-corrected chi connectivity index (χ0v) is 13.1. The van der Waals surface area contributed by atoms with Crippen LogP contribution in [0, 0.1) is 6.92 Å². The third kappa shape index (κ3) is 3.56. The van der Waals surface area contributed by atoms with Crippen molar-refractivity contribution >= 4 is 23.7 Å². The summed E-state index contributed by atoms with van der Waals surface area (Å²) in [4.78, 5) is 26.9. The maximum atomic E-state index is 12.1. The van der Waals surface area contributed by atoms with E-state index in [0.29, 0.717) is 0 Å². The number of thiophene rings is 1. The van der Waals surface area contributed by atoms with Gasteiger partial charge in [0.05, 0.1) is 0 Å². The molecule has 0 N–H and O–H groups in total. The van der Waals surface area contributed by atoms with Crippen LogP contribution >= 0.6 is 11.3 Å². The lowest BCUT2D eigenvalue weighted by Gasteiger charge is -2.34. The number of ether oxygens (including phenoxy) is 1. The maximum absolute atomic E-state index is 12.1. The minimum Gasteiger partial charge on any atom is -0.444 e. The molecule has 1 heterocycles. The Morgan fingerprint density at radius 2 is 1.89 bits per heavy atom. The summed E-state index contributed by atoms with van der Waals surface area (Å²) in [5, 5.41) is 0. The highest BCUT2D eigenvalue weighted by molar-refractivity contribution is 7.12. The van der Waals surface area contributed by atoms with Crippen LogP contribution in [0.5, 0.6) is 0 Å². The molecule has 4 nitrogen and oxygen atoms in total. The molecule has 1 atom stereocenters. The fourth-order valence-corrected chi connectivity index (χ4v) is 2.54. The Morgan fingerprint density at radius 1 is 1.32 bits per heavy atom. The molecule has 19 heavy (non-hydrogen) atoms. The van der Waals surface area contributed by atoms with E-state index in [9.17, 15) is 9.59 Å². The summed E-state index contributed by atoms with van der Waals surface area (Å²) in [6.45, 7) is 9.08. The summed E-state index contributed by atoms with van der Waals surface area (Å²) < 4.78 is 5.31. The van der Waals surface area contributed by atoms with Crippen molar-refractivity contribution in [1.82, 2.24) is 4.90 Å². The third-order valence-corrected chi connectivity index (χ3v) is 4.06. The lowest BCUT2D eigenvalue weighted by molar-refractivity contribution is -0.117. The molecule has 1 rings (SSSR count). The highest BCUT2D eigenvalue weighted by Crippen LogP contribution is 2.32. The first-order chi connectivity index (χ1) is 8.60. The van der Waals surface area contributed by atoms with Crippen LogP contribution in [0.4, 0.5) is 4.79 Å². The Kier molecular flexibility index (Phi) is 4.40. The predicted octanol–water partition coefficient (Wildman–Crippen LogP) is 3.34. The van der Waals surface area contributed by atoms with E-state index in [2.05, 4.69) is 0 Å². The van der Waals surface area contributed by atoms with Crippen LogP contribution in [-0.4, -0.2) is 29.9 Å². The van der Waals surface area contributed by atoms with E-state index in [0.717, 1.165) is 16.0 Å². The van der Waals surface area contributed by atoms with Crippen LogP contribution < -0.4 is 0 Å². The van der Waals surface area contributed by atoms with Crippen molar-refractivity contribution in [2.45, 2.75) is 45.8 Å². The molecule has 0 fully saturated rings. The molecule has 0 bridgehead atoms. The van der Waals surface area contributed by atoms with E-state index < -0.39 is 17.2 Å². The van der Waals surface area contributed by atoms with Crippen molar-refractivity contribution in [1.29, 1.82) is 0 Å². The highest BCUT2D eigenvalue weighted by atomic mass is 32.1. The van der Waals surface area contributed by atoms with Gasteiger partial charge in [0.2, 0.25) is 0 Å². The molecule has 0 aliphatic rings. The quantitative estimate of drug-likeness (QED) is 0.799. The summed E-state index contributed by atoms with van der Waals surface area (Å²) in [6.07, 6.45) is 0.274. The molecule has 0 aliphatic heterocycles.